The van der Waals surface area contributed by atoms with Crippen molar-refractivity contribution in [1.29, 1.82) is 0 Å². The highest BCUT2D eigenvalue weighted by molar-refractivity contribution is 5.73. The van der Waals surface area contributed by atoms with Gasteiger partial charge in [-0.05, 0) is 0 Å². The molecule has 45 valence electrons. The molecular formula is C5H7O3. The second kappa shape index (κ2) is 2.13. The topological polar surface area (TPSA) is 35.5 Å². The third-order valence-corrected chi connectivity index (χ3v) is 0.906. The fourth-order valence-electron chi connectivity index (χ4n) is 0.468. The Hall–Kier alpha value is -0.570. The minimum Gasteiger partial charge on any atom is -0.457 e. The molecule has 1 rings (SSSR count). The van der Waals surface area contributed by atoms with Crippen LogP contribution in [0.2, 0.25) is 0 Å². The number of carbonyl (C=O) groups is 1. The highest BCUT2D eigenvalue weighted by Crippen LogP contribution is 2.04. The van der Waals surface area contributed by atoms with Crippen LogP contribution in [-0.4, -0.2) is 25.3 Å². The first kappa shape index (κ1) is 5.56. The first-order chi connectivity index (χ1) is 3.79. The smallest absolute Gasteiger partial charge is 0.306 e. The van der Waals surface area contributed by atoms with E-state index in [2.05, 4.69) is 11.7 Å². The third-order valence-electron chi connectivity index (χ3n) is 0.906. The SMILES string of the molecule is [CH2]C(=O)OC1COC1. The Labute approximate surface area is 47.6 Å². The average Bonchev–Trinajstić information content (AvgIpc) is 1.55. The summed E-state index contributed by atoms with van der Waals surface area (Å²) in [5.74, 6) is -0.474. The van der Waals surface area contributed by atoms with E-state index in [9.17, 15) is 4.79 Å². The molecule has 0 spiro atoms. The zero-order valence-corrected chi connectivity index (χ0v) is 4.42. The van der Waals surface area contributed by atoms with Crippen LogP contribution >= 0.6 is 0 Å². The quantitative estimate of drug-likeness (QED) is 0.442. The van der Waals surface area contributed by atoms with Gasteiger partial charge in [-0.25, -0.2) is 0 Å². The van der Waals surface area contributed by atoms with Crippen molar-refractivity contribution < 1.29 is 14.3 Å². The second-order valence-electron chi connectivity index (χ2n) is 1.65. The molecule has 0 aromatic carbocycles. The Bertz CT molecular complexity index is 95.8. The van der Waals surface area contributed by atoms with Gasteiger partial charge in [-0.1, -0.05) is 0 Å². The summed E-state index contributed by atoms with van der Waals surface area (Å²) in [5.41, 5.74) is 0. The molecule has 1 saturated heterocycles. The van der Waals surface area contributed by atoms with Gasteiger partial charge in [0.15, 0.2) is 0 Å². The van der Waals surface area contributed by atoms with Crippen molar-refractivity contribution in [2.24, 2.45) is 0 Å². The number of carbonyl (C=O) groups excluding carboxylic acids is 1. The van der Waals surface area contributed by atoms with Gasteiger partial charge in [0.25, 0.3) is 0 Å². The fourth-order valence-corrected chi connectivity index (χ4v) is 0.468. The number of hydrogen-bond acceptors (Lipinski definition) is 3. The van der Waals surface area contributed by atoms with Gasteiger partial charge in [0.2, 0.25) is 0 Å². The van der Waals surface area contributed by atoms with Crippen LogP contribution in [0.25, 0.3) is 0 Å². The molecule has 8 heavy (non-hydrogen) atoms. The highest BCUT2D eigenvalue weighted by atomic mass is 16.6. The van der Waals surface area contributed by atoms with Crippen LogP contribution in [0, 0.1) is 6.92 Å². The molecule has 0 aromatic heterocycles. The maximum absolute atomic E-state index is 10.1. The van der Waals surface area contributed by atoms with E-state index in [1.165, 1.54) is 0 Å². The summed E-state index contributed by atoms with van der Waals surface area (Å²) >= 11 is 0. The van der Waals surface area contributed by atoms with Gasteiger partial charge in [-0.3, -0.25) is 4.79 Å². The molecule has 0 aliphatic carbocycles. The predicted molar refractivity (Wildman–Crippen MR) is 26.1 cm³/mol. The molecule has 0 atom stereocenters. The predicted octanol–water partition coefficient (Wildman–Crippen LogP) is -0.238. The molecule has 0 aromatic rings. The van der Waals surface area contributed by atoms with Gasteiger partial charge < -0.3 is 9.47 Å². The lowest BCUT2D eigenvalue weighted by molar-refractivity contribution is -0.166. The average molecular weight is 115 g/mol. The van der Waals surface area contributed by atoms with Crippen molar-refractivity contribution >= 4 is 5.97 Å². The molecule has 1 aliphatic rings. The molecule has 0 bridgehead atoms. The summed E-state index contributed by atoms with van der Waals surface area (Å²) in [5, 5.41) is 0. The van der Waals surface area contributed by atoms with Crippen LogP contribution < -0.4 is 0 Å². The van der Waals surface area contributed by atoms with E-state index >= 15 is 0 Å². The molecule has 1 fully saturated rings. The summed E-state index contributed by atoms with van der Waals surface area (Å²) in [6.07, 6.45) is -0.0278. The third kappa shape index (κ3) is 1.20. The molecule has 1 radical (unpaired) electrons. The summed E-state index contributed by atoms with van der Waals surface area (Å²) in [6, 6.07) is 0. The van der Waals surface area contributed by atoms with Gasteiger partial charge in [0.1, 0.15) is 6.10 Å². The van der Waals surface area contributed by atoms with E-state index in [4.69, 9.17) is 4.74 Å². The molecule has 1 aliphatic heterocycles. The summed E-state index contributed by atoms with van der Waals surface area (Å²) < 4.78 is 9.34. The molecule has 3 nitrogen and oxygen atoms in total. The molecule has 0 unspecified atom stereocenters. The fraction of sp³-hybridized carbons (Fsp3) is 0.600. The van der Waals surface area contributed by atoms with E-state index in [1.54, 1.807) is 0 Å². The zero-order chi connectivity index (χ0) is 5.98. The number of rotatable bonds is 1. The molecule has 0 saturated carbocycles. The van der Waals surface area contributed by atoms with E-state index in [1.807, 2.05) is 0 Å². The number of hydrogen-bond donors (Lipinski definition) is 0. The van der Waals surface area contributed by atoms with Crippen molar-refractivity contribution in [2.45, 2.75) is 6.10 Å². The van der Waals surface area contributed by atoms with Crippen LogP contribution in [0.1, 0.15) is 0 Å². The van der Waals surface area contributed by atoms with Gasteiger partial charge in [-0.2, -0.15) is 0 Å². The second-order valence-corrected chi connectivity index (χ2v) is 1.65. The van der Waals surface area contributed by atoms with Crippen LogP contribution in [0.3, 0.4) is 0 Å². The maximum Gasteiger partial charge on any atom is 0.306 e. The Kier molecular flexibility index (Phi) is 1.48. The Morgan fingerprint density at radius 3 is 2.50 bits per heavy atom. The first-order valence-electron chi connectivity index (χ1n) is 2.39. The summed E-state index contributed by atoms with van der Waals surface area (Å²) in [7, 11) is 0. The minimum absolute atomic E-state index is 0.0278. The minimum atomic E-state index is -0.474. The lowest BCUT2D eigenvalue weighted by Gasteiger charge is -2.24. The Morgan fingerprint density at radius 1 is 1.75 bits per heavy atom. The summed E-state index contributed by atoms with van der Waals surface area (Å²) in [4.78, 5) is 10.1. The largest absolute Gasteiger partial charge is 0.457 e. The van der Waals surface area contributed by atoms with Crippen LogP contribution in [0.15, 0.2) is 0 Å². The monoisotopic (exact) mass is 115 g/mol. The standard InChI is InChI=1S/C5H7O3/c1-4(6)8-5-2-7-3-5/h5H,1-3H2. The molecule has 0 N–H and O–H groups in total. The molecule has 3 heteroatoms. The number of ether oxygens (including phenoxy) is 2. The number of esters is 1. The lowest BCUT2D eigenvalue weighted by Crippen LogP contribution is -2.37. The maximum atomic E-state index is 10.1. The van der Waals surface area contributed by atoms with Crippen molar-refractivity contribution in [1.82, 2.24) is 0 Å². The molecule has 1 heterocycles. The lowest BCUT2D eigenvalue weighted by atomic mass is 10.3. The van der Waals surface area contributed by atoms with E-state index < -0.39 is 5.97 Å². The highest BCUT2D eigenvalue weighted by Gasteiger charge is 2.20. The zero-order valence-electron chi connectivity index (χ0n) is 4.42. The van der Waals surface area contributed by atoms with Gasteiger partial charge in [0, 0.05) is 0 Å². The van der Waals surface area contributed by atoms with Crippen molar-refractivity contribution in [3.05, 3.63) is 6.92 Å². The van der Waals surface area contributed by atoms with Gasteiger partial charge in [0.05, 0.1) is 20.1 Å². The van der Waals surface area contributed by atoms with Gasteiger partial charge in [-0.15, -0.1) is 0 Å². The molecule has 0 amide bonds. The van der Waals surface area contributed by atoms with Crippen LogP contribution in [-0.2, 0) is 14.3 Å². The normalized spacial score (nSPS) is 19.6. The van der Waals surface area contributed by atoms with Gasteiger partial charge >= 0.3 is 5.97 Å². The van der Waals surface area contributed by atoms with Crippen molar-refractivity contribution in [3.8, 4) is 0 Å². The summed E-state index contributed by atoms with van der Waals surface area (Å²) in [6.45, 7) is 4.10. The van der Waals surface area contributed by atoms with E-state index in [0.717, 1.165) is 0 Å². The van der Waals surface area contributed by atoms with E-state index in [-0.39, 0.29) is 6.10 Å². The Balaban J connectivity index is 2.09. The van der Waals surface area contributed by atoms with Crippen LogP contribution in [0.5, 0.6) is 0 Å². The molecular weight excluding hydrogens is 108 g/mol. The van der Waals surface area contributed by atoms with Crippen LogP contribution in [0.4, 0.5) is 0 Å². The first-order valence-corrected chi connectivity index (χ1v) is 2.39. The Morgan fingerprint density at radius 2 is 2.38 bits per heavy atom. The van der Waals surface area contributed by atoms with Crippen molar-refractivity contribution in [3.63, 3.8) is 0 Å². The van der Waals surface area contributed by atoms with Crippen molar-refractivity contribution in [2.75, 3.05) is 13.2 Å². The van der Waals surface area contributed by atoms with E-state index in [0.29, 0.717) is 13.2 Å².